The number of rotatable bonds is 5. The van der Waals surface area contributed by atoms with Crippen molar-refractivity contribution in [2.75, 3.05) is 13.1 Å². The van der Waals surface area contributed by atoms with Crippen molar-refractivity contribution in [3.8, 4) is 0 Å². The molecule has 0 N–H and O–H groups in total. The highest BCUT2D eigenvalue weighted by Gasteiger charge is 2.35. The molecular formula is C16H19F3N2O2. The first-order valence-corrected chi connectivity index (χ1v) is 7.44. The highest BCUT2D eigenvalue weighted by molar-refractivity contribution is 5.86. The molecule has 1 aromatic rings. The molecule has 0 bridgehead atoms. The van der Waals surface area contributed by atoms with Gasteiger partial charge in [0.1, 0.15) is 13.1 Å². The van der Waals surface area contributed by atoms with Gasteiger partial charge in [-0.25, -0.2) is 0 Å². The van der Waals surface area contributed by atoms with Crippen molar-refractivity contribution in [3.05, 3.63) is 35.9 Å². The van der Waals surface area contributed by atoms with Crippen LogP contribution in [0.3, 0.4) is 0 Å². The molecule has 2 amide bonds. The Morgan fingerprint density at radius 2 is 1.96 bits per heavy atom. The van der Waals surface area contributed by atoms with E-state index in [0.29, 0.717) is 18.4 Å². The smallest absolute Gasteiger partial charge is 0.331 e. The fraction of sp³-hybridized carbons (Fsp3) is 0.500. The van der Waals surface area contributed by atoms with Crippen molar-refractivity contribution in [2.45, 2.75) is 38.5 Å². The Balaban J connectivity index is 2.09. The summed E-state index contributed by atoms with van der Waals surface area (Å²) < 4.78 is 38.3. The van der Waals surface area contributed by atoms with E-state index in [9.17, 15) is 22.8 Å². The van der Waals surface area contributed by atoms with Gasteiger partial charge in [0.25, 0.3) is 0 Å². The summed E-state index contributed by atoms with van der Waals surface area (Å²) in [5.41, 5.74) is 0.617. The van der Waals surface area contributed by atoms with Crippen LogP contribution in [0.15, 0.2) is 30.3 Å². The maximum absolute atomic E-state index is 12.8. The Hall–Kier alpha value is -2.05. The van der Waals surface area contributed by atoms with Gasteiger partial charge >= 0.3 is 6.18 Å². The van der Waals surface area contributed by atoms with E-state index >= 15 is 0 Å². The molecule has 7 heteroatoms. The van der Waals surface area contributed by atoms with Crippen LogP contribution in [0.2, 0.25) is 0 Å². The Morgan fingerprint density at radius 3 is 2.48 bits per heavy atom. The Bertz CT molecular complexity index is 560. The van der Waals surface area contributed by atoms with E-state index in [1.807, 2.05) is 0 Å². The zero-order valence-corrected chi connectivity index (χ0v) is 12.8. The normalized spacial score (nSPS) is 18.3. The minimum atomic E-state index is -4.48. The van der Waals surface area contributed by atoms with Crippen molar-refractivity contribution in [1.82, 2.24) is 9.80 Å². The summed E-state index contributed by atoms with van der Waals surface area (Å²) in [7, 11) is 0. The summed E-state index contributed by atoms with van der Waals surface area (Å²) in [5.74, 6) is -0.870. The maximum Gasteiger partial charge on any atom is 0.406 e. The summed E-state index contributed by atoms with van der Waals surface area (Å²) >= 11 is 0. The van der Waals surface area contributed by atoms with Gasteiger partial charge in [0.05, 0.1) is 0 Å². The minimum Gasteiger partial charge on any atom is -0.331 e. The Labute approximate surface area is 132 Å². The molecule has 0 spiro atoms. The molecule has 0 aromatic heterocycles. The second-order valence-electron chi connectivity index (χ2n) is 5.76. The van der Waals surface area contributed by atoms with E-state index in [1.165, 1.54) is 4.90 Å². The molecule has 1 aliphatic rings. The molecule has 0 aliphatic carbocycles. The number of nitrogens with zero attached hydrogens (tertiary/aromatic N) is 2. The number of alkyl halides is 3. The number of hydrogen-bond donors (Lipinski definition) is 0. The van der Waals surface area contributed by atoms with Gasteiger partial charge in [-0.2, -0.15) is 13.2 Å². The van der Waals surface area contributed by atoms with E-state index in [4.69, 9.17) is 0 Å². The molecule has 0 radical (unpaired) electrons. The lowest BCUT2D eigenvalue weighted by Crippen LogP contribution is -2.45. The standard InChI is InChI=1S/C16H19F3N2O2/c1-12-7-8-14(22)21(12)10-15(23)20(11-16(17,18)19)9-13-5-3-2-4-6-13/h2-6,12H,7-11H2,1H3/t12-/m1/s1. The minimum absolute atomic E-state index is 0.115. The van der Waals surface area contributed by atoms with Gasteiger partial charge in [-0.15, -0.1) is 0 Å². The van der Waals surface area contributed by atoms with E-state index in [0.717, 1.165) is 4.90 Å². The van der Waals surface area contributed by atoms with Gasteiger partial charge in [0.15, 0.2) is 0 Å². The van der Waals surface area contributed by atoms with E-state index in [1.54, 1.807) is 37.3 Å². The monoisotopic (exact) mass is 328 g/mol. The first-order valence-electron chi connectivity index (χ1n) is 7.44. The number of carbonyl (C=O) groups is 2. The highest BCUT2D eigenvalue weighted by Crippen LogP contribution is 2.21. The van der Waals surface area contributed by atoms with Gasteiger partial charge < -0.3 is 9.80 Å². The van der Waals surface area contributed by atoms with Crippen LogP contribution >= 0.6 is 0 Å². The van der Waals surface area contributed by atoms with E-state index in [-0.39, 0.29) is 25.0 Å². The largest absolute Gasteiger partial charge is 0.406 e. The average molecular weight is 328 g/mol. The molecule has 1 aliphatic heterocycles. The predicted molar refractivity (Wildman–Crippen MR) is 78.3 cm³/mol. The predicted octanol–water partition coefficient (Wildman–Crippen LogP) is 2.59. The fourth-order valence-corrected chi connectivity index (χ4v) is 2.62. The molecule has 0 saturated carbocycles. The lowest BCUT2D eigenvalue weighted by atomic mass is 10.2. The first kappa shape index (κ1) is 17.3. The van der Waals surface area contributed by atoms with Crippen LogP contribution in [0.4, 0.5) is 13.2 Å². The van der Waals surface area contributed by atoms with Gasteiger partial charge in [-0.05, 0) is 18.9 Å². The molecule has 23 heavy (non-hydrogen) atoms. The molecular weight excluding hydrogens is 309 g/mol. The number of benzene rings is 1. The zero-order valence-electron chi connectivity index (χ0n) is 12.8. The molecule has 1 atom stereocenters. The number of carbonyl (C=O) groups excluding carboxylic acids is 2. The zero-order chi connectivity index (χ0) is 17.0. The third-order valence-electron chi connectivity index (χ3n) is 3.87. The van der Waals surface area contributed by atoms with Crippen LogP contribution in [0, 0.1) is 0 Å². The molecule has 0 unspecified atom stereocenters. The molecule has 4 nitrogen and oxygen atoms in total. The summed E-state index contributed by atoms with van der Waals surface area (Å²) in [6.07, 6.45) is -3.51. The highest BCUT2D eigenvalue weighted by atomic mass is 19.4. The van der Waals surface area contributed by atoms with Gasteiger partial charge in [0, 0.05) is 19.0 Å². The Morgan fingerprint density at radius 1 is 1.30 bits per heavy atom. The Kier molecular flexibility index (Phi) is 5.28. The molecule has 2 rings (SSSR count). The second-order valence-corrected chi connectivity index (χ2v) is 5.76. The van der Waals surface area contributed by atoms with Crippen LogP contribution in [0.5, 0.6) is 0 Å². The van der Waals surface area contributed by atoms with E-state index in [2.05, 4.69) is 0 Å². The lowest BCUT2D eigenvalue weighted by Gasteiger charge is -2.28. The van der Waals surface area contributed by atoms with Crippen molar-refractivity contribution in [2.24, 2.45) is 0 Å². The number of likely N-dealkylation sites (tertiary alicyclic amines) is 1. The maximum atomic E-state index is 12.8. The summed E-state index contributed by atoms with van der Waals surface area (Å²) in [6.45, 7) is 0.0408. The first-order chi connectivity index (χ1) is 10.8. The van der Waals surface area contributed by atoms with Crippen LogP contribution < -0.4 is 0 Å². The molecule has 1 saturated heterocycles. The van der Waals surface area contributed by atoms with Crippen molar-refractivity contribution < 1.29 is 22.8 Å². The van der Waals surface area contributed by atoms with E-state index < -0.39 is 18.6 Å². The molecule has 1 heterocycles. The molecule has 1 fully saturated rings. The number of hydrogen-bond acceptors (Lipinski definition) is 2. The SMILES string of the molecule is C[C@@H]1CCC(=O)N1CC(=O)N(Cc1ccccc1)CC(F)(F)F. The third-order valence-corrected chi connectivity index (χ3v) is 3.87. The average Bonchev–Trinajstić information content (AvgIpc) is 2.78. The number of amides is 2. The van der Waals surface area contributed by atoms with Crippen LogP contribution in [-0.4, -0.2) is 46.9 Å². The van der Waals surface area contributed by atoms with Crippen LogP contribution in [0.1, 0.15) is 25.3 Å². The molecule has 126 valence electrons. The molecule has 1 aromatic carbocycles. The lowest BCUT2D eigenvalue weighted by molar-refractivity contribution is -0.163. The van der Waals surface area contributed by atoms with Crippen molar-refractivity contribution in [3.63, 3.8) is 0 Å². The quantitative estimate of drug-likeness (QED) is 0.833. The summed E-state index contributed by atoms with van der Waals surface area (Å²) in [4.78, 5) is 26.1. The van der Waals surface area contributed by atoms with Crippen molar-refractivity contribution in [1.29, 1.82) is 0 Å². The van der Waals surface area contributed by atoms with Gasteiger partial charge in [0.2, 0.25) is 11.8 Å². The van der Waals surface area contributed by atoms with Crippen molar-refractivity contribution >= 4 is 11.8 Å². The summed E-state index contributed by atoms with van der Waals surface area (Å²) in [6, 6.07) is 8.38. The third kappa shape index (κ3) is 4.97. The topological polar surface area (TPSA) is 40.6 Å². The van der Waals surface area contributed by atoms with Crippen LogP contribution in [0.25, 0.3) is 0 Å². The number of halogens is 3. The summed E-state index contributed by atoms with van der Waals surface area (Å²) in [5, 5.41) is 0. The van der Waals surface area contributed by atoms with Gasteiger partial charge in [-0.3, -0.25) is 9.59 Å². The van der Waals surface area contributed by atoms with Crippen LogP contribution in [-0.2, 0) is 16.1 Å². The second kappa shape index (κ2) is 7.02. The van der Waals surface area contributed by atoms with Gasteiger partial charge in [-0.1, -0.05) is 30.3 Å². The fourth-order valence-electron chi connectivity index (χ4n) is 2.62.